The summed E-state index contributed by atoms with van der Waals surface area (Å²) >= 11 is 1.61. The highest BCUT2D eigenvalue weighted by atomic mass is 32.2. The van der Waals surface area contributed by atoms with Crippen LogP contribution >= 0.6 is 11.8 Å². The summed E-state index contributed by atoms with van der Waals surface area (Å²) in [7, 11) is 0. The highest BCUT2D eigenvalue weighted by Gasteiger charge is 2.17. The average molecular weight is 262 g/mol. The zero-order valence-electron chi connectivity index (χ0n) is 10.4. The van der Waals surface area contributed by atoms with Crippen molar-refractivity contribution < 1.29 is 4.79 Å². The zero-order valence-corrected chi connectivity index (χ0v) is 11.2. The first kappa shape index (κ1) is 11.9. The number of hydrogen-bond acceptors (Lipinski definition) is 3. The van der Waals surface area contributed by atoms with E-state index in [9.17, 15) is 4.79 Å². The molecule has 2 aliphatic rings. The Morgan fingerprint density at radius 2 is 2.06 bits per heavy atom. The number of thioether (sulfide) groups is 1. The Labute approximate surface area is 112 Å². The second kappa shape index (κ2) is 5.22. The zero-order chi connectivity index (χ0) is 12.4. The van der Waals surface area contributed by atoms with Gasteiger partial charge in [-0.25, -0.2) is 0 Å². The normalized spacial score (nSPS) is 20.1. The Morgan fingerprint density at radius 1 is 1.22 bits per heavy atom. The van der Waals surface area contributed by atoms with Crippen LogP contribution in [0.3, 0.4) is 0 Å². The Morgan fingerprint density at radius 3 is 2.89 bits per heavy atom. The number of amides is 1. The van der Waals surface area contributed by atoms with Crippen molar-refractivity contribution in [3.8, 4) is 0 Å². The maximum Gasteiger partial charge on any atom is 0.234 e. The smallest absolute Gasteiger partial charge is 0.234 e. The minimum Gasteiger partial charge on any atom is -0.382 e. The number of carbonyl (C=O) groups excluding carboxylic acids is 1. The van der Waals surface area contributed by atoms with Crippen molar-refractivity contribution >= 4 is 29.0 Å². The van der Waals surface area contributed by atoms with Crippen molar-refractivity contribution in [2.45, 2.75) is 43.0 Å². The summed E-state index contributed by atoms with van der Waals surface area (Å²) in [6.07, 6.45) is 6.55. The van der Waals surface area contributed by atoms with Gasteiger partial charge in [-0.3, -0.25) is 4.79 Å². The molecular formula is C14H18N2OS. The van der Waals surface area contributed by atoms with Gasteiger partial charge in [0.25, 0.3) is 0 Å². The number of hydrogen-bond donors (Lipinski definition) is 2. The third kappa shape index (κ3) is 2.64. The Kier molecular flexibility index (Phi) is 3.46. The minimum absolute atomic E-state index is 0.0994. The van der Waals surface area contributed by atoms with E-state index >= 15 is 0 Å². The number of carbonyl (C=O) groups is 1. The molecule has 0 radical (unpaired) electrons. The van der Waals surface area contributed by atoms with E-state index in [1.807, 2.05) is 0 Å². The van der Waals surface area contributed by atoms with Crippen LogP contribution in [-0.2, 0) is 4.79 Å². The second-order valence-corrected chi connectivity index (χ2v) is 6.04. The SMILES string of the molecule is O=C1CSc2ccc(NC3CCCCC3)cc2N1. The van der Waals surface area contributed by atoms with E-state index in [-0.39, 0.29) is 5.91 Å². The van der Waals surface area contributed by atoms with E-state index in [0.29, 0.717) is 11.8 Å². The van der Waals surface area contributed by atoms with E-state index < -0.39 is 0 Å². The lowest BCUT2D eigenvalue weighted by molar-refractivity contribution is -0.113. The molecule has 3 rings (SSSR count). The first-order chi connectivity index (χ1) is 8.81. The molecule has 1 saturated carbocycles. The van der Waals surface area contributed by atoms with Crippen LogP contribution in [0.25, 0.3) is 0 Å². The molecule has 4 heteroatoms. The highest BCUT2D eigenvalue weighted by Crippen LogP contribution is 2.34. The van der Waals surface area contributed by atoms with Crippen molar-refractivity contribution in [2.24, 2.45) is 0 Å². The Bertz CT molecular complexity index is 455. The molecule has 0 aromatic heterocycles. The largest absolute Gasteiger partial charge is 0.382 e. The molecule has 1 heterocycles. The molecule has 2 N–H and O–H groups in total. The molecule has 0 unspecified atom stereocenters. The lowest BCUT2D eigenvalue weighted by atomic mass is 9.95. The standard InChI is InChI=1S/C14H18N2OS/c17-14-9-18-13-7-6-11(8-12(13)16-14)15-10-4-2-1-3-5-10/h6-8,10,15H,1-5,9H2,(H,16,17). The van der Waals surface area contributed by atoms with Crippen LogP contribution < -0.4 is 10.6 Å². The second-order valence-electron chi connectivity index (χ2n) is 5.03. The monoisotopic (exact) mass is 262 g/mol. The van der Waals surface area contributed by atoms with Crippen LogP contribution in [0.2, 0.25) is 0 Å². The predicted octanol–water partition coefficient (Wildman–Crippen LogP) is 3.48. The van der Waals surface area contributed by atoms with E-state index in [1.165, 1.54) is 37.0 Å². The summed E-state index contributed by atoms with van der Waals surface area (Å²) < 4.78 is 0. The Balaban J connectivity index is 1.73. The van der Waals surface area contributed by atoms with Gasteiger partial charge in [0.15, 0.2) is 0 Å². The molecule has 0 spiro atoms. The van der Waals surface area contributed by atoms with Gasteiger partial charge < -0.3 is 10.6 Å². The predicted molar refractivity (Wildman–Crippen MR) is 76.3 cm³/mol. The quantitative estimate of drug-likeness (QED) is 0.857. The fraction of sp³-hybridized carbons (Fsp3) is 0.500. The molecule has 96 valence electrons. The van der Waals surface area contributed by atoms with Crippen molar-refractivity contribution in [1.82, 2.24) is 0 Å². The summed E-state index contributed by atoms with van der Waals surface area (Å²) in [5.41, 5.74) is 2.08. The molecule has 1 aromatic carbocycles. The number of rotatable bonds is 2. The van der Waals surface area contributed by atoms with E-state index in [2.05, 4.69) is 28.8 Å². The molecule has 1 amide bonds. The van der Waals surface area contributed by atoms with Crippen molar-refractivity contribution in [2.75, 3.05) is 16.4 Å². The summed E-state index contributed by atoms with van der Waals surface area (Å²) in [5, 5.41) is 6.52. The van der Waals surface area contributed by atoms with Gasteiger partial charge in [0.1, 0.15) is 0 Å². The molecule has 1 fully saturated rings. The number of fused-ring (bicyclic) bond motifs is 1. The molecule has 3 nitrogen and oxygen atoms in total. The van der Waals surface area contributed by atoms with Crippen LogP contribution in [0.15, 0.2) is 23.1 Å². The van der Waals surface area contributed by atoms with Crippen LogP contribution in [0.5, 0.6) is 0 Å². The van der Waals surface area contributed by atoms with Crippen molar-refractivity contribution in [3.63, 3.8) is 0 Å². The van der Waals surface area contributed by atoms with Gasteiger partial charge in [0, 0.05) is 16.6 Å². The van der Waals surface area contributed by atoms with Gasteiger partial charge in [0.05, 0.1) is 11.4 Å². The maximum absolute atomic E-state index is 11.4. The fourth-order valence-corrected chi connectivity index (χ4v) is 3.44. The lowest BCUT2D eigenvalue weighted by Gasteiger charge is -2.25. The molecule has 1 aliphatic carbocycles. The van der Waals surface area contributed by atoms with Gasteiger partial charge in [-0.15, -0.1) is 11.8 Å². The van der Waals surface area contributed by atoms with E-state index in [4.69, 9.17) is 0 Å². The average Bonchev–Trinajstić information content (AvgIpc) is 2.39. The Hall–Kier alpha value is -1.16. The van der Waals surface area contributed by atoms with Gasteiger partial charge in [0.2, 0.25) is 5.91 Å². The van der Waals surface area contributed by atoms with Crippen LogP contribution in [0.4, 0.5) is 11.4 Å². The number of nitrogens with one attached hydrogen (secondary N) is 2. The molecule has 0 saturated heterocycles. The number of benzene rings is 1. The van der Waals surface area contributed by atoms with Gasteiger partial charge in [-0.05, 0) is 31.0 Å². The van der Waals surface area contributed by atoms with Crippen molar-refractivity contribution in [1.29, 1.82) is 0 Å². The summed E-state index contributed by atoms with van der Waals surface area (Å²) in [5.74, 6) is 0.630. The first-order valence-corrected chi connectivity index (χ1v) is 7.63. The molecule has 0 bridgehead atoms. The third-order valence-corrected chi connectivity index (χ3v) is 4.66. The summed E-state index contributed by atoms with van der Waals surface area (Å²) in [6.45, 7) is 0. The van der Waals surface area contributed by atoms with E-state index in [0.717, 1.165) is 11.4 Å². The van der Waals surface area contributed by atoms with Crippen LogP contribution in [-0.4, -0.2) is 17.7 Å². The van der Waals surface area contributed by atoms with Gasteiger partial charge >= 0.3 is 0 Å². The summed E-state index contributed by atoms with van der Waals surface area (Å²) in [6, 6.07) is 6.89. The van der Waals surface area contributed by atoms with Crippen LogP contribution in [0, 0.1) is 0 Å². The number of anilines is 2. The minimum atomic E-state index is 0.0994. The maximum atomic E-state index is 11.4. The highest BCUT2D eigenvalue weighted by molar-refractivity contribution is 8.00. The topological polar surface area (TPSA) is 41.1 Å². The first-order valence-electron chi connectivity index (χ1n) is 6.64. The lowest BCUT2D eigenvalue weighted by Crippen LogP contribution is -2.23. The molecular weight excluding hydrogens is 244 g/mol. The molecule has 0 atom stereocenters. The van der Waals surface area contributed by atoms with Gasteiger partial charge in [-0.1, -0.05) is 19.3 Å². The van der Waals surface area contributed by atoms with Gasteiger partial charge in [-0.2, -0.15) is 0 Å². The molecule has 18 heavy (non-hydrogen) atoms. The summed E-state index contributed by atoms with van der Waals surface area (Å²) in [4.78, 5) is 12.5. The van der Waals surface area contributed by atoms with Crippen molar-refractivity contribution in [3.05, 3.63) is 18.2 Å². The third-order valence-electron chi connectivity index (χ3n) is 3.59. The molecule has 1 aliphatic heterocycles. The van der Waals surface area contributed by atoms with Crippen LogP contribution in [0.1, 0.15) is 32.1 Å². The fourth-order valence-electron chi connectivity index (χ4n) is 2.66. The molecule has 1 aromatic rings. The van der Waals surface area contributed by atoms with E-state index in [1.54, 1.807) is 11.8 Å².